The van der Waals surface area contributed by atoms with Crippen LogP contribution in [0.1, 0.15) is 27.2 Å². The molecule has 0 saturated heterocycles. The Balaban J connectivity index is 1.53. The van der Waals surface area contributed by atoms with Crippen LogP contribution in [0.4, 0.5) is 0 Å². The van der Waals surface area contributed by atoms with E-state index in [1.807, 2.05) is 37.3 Å². The van der Waals surface area contributed by atoms with Gasteiger partial charge in [-0.3, -0.25) is 9.78 Å². The molecule has 4 aromatic rings. The van der Waals surface area contributed by atoms with E-state index in [1.54, 1.807) is 6.20 Å². The molecule has 0 spiro atoms. The Labute approximate surface area is 175 Å². The van der Waals surface area contributed by atoms with E-state index in [0.29, 0.717) is 5.75 Å². The van der Waals surface area contributed by atoms with Crippen LogP contribution in [0.25, 0.3) is 21.8 Å². The standard InChI is InChI=1S/C25H25N3O2/c1-16-14-17(2)25(24-18(16)7-5-10-27-24)30-15-22(29)23-19-6-3-4-8-20(19)28-13-12-26-11-9-21(23)28/h3-8,10,14,26H,9,11-13,15H2,1-2H3. The average molecular weight is 399 g/mol. The zero-order chi connectivity index (χ0) is 20.7. The maximum atomic E-state index is 13.4. The lowest BCUT2D eigenvalue weighted by molar-refractivity contribution is 0.0922. The number of aromatic nitrogens is 2. The van der Waals surface area contributed by atoms with Gasteiger partial charge in [0.05, 0.1) is 5.56 Å². The molecule has 0 radical (unpaired) electrons. The van der Waals surface area contributed by atoms with Crippen LogP contribution in [0.15, 0.2) is 48.7 Å². The lowest BCUT2D eigenvalue weighted by atomic mass is 10.0. The smallest absolute Gasteiger partial charge is 0.202 e. The van der Waals surface area contributed by atoms with Crippen LogP contribution in [0.3, 0.4) is 0 Å². The highest BCUT2D eigenvalue weighted by Crippen LogP contribution is 2.32. The molecule has 1 N–H and O–H groups in total. The highest BCUT2D eigenvalue weighted by Gasteiger charge is 2.24. The van der Waals surface area contributed by atoms with Crippen molar-refractivity contribution in [3.05, 3.63) is 71.0 Å². The largest absolute Gasteiger partial charge is 0.483 e. The van der Waals surface area contributed by atoms with Crippen LogP contribution >= 0.6 is 0 Å². The molecular formula is C25H25N3O2. The first-order valence-corrected chi connectivity index (χ1v) is 10.5. The highest BCUT2D eigenvalue weighted by molar-refractivity contribution is 6.10. The molecule has 5 rings (SSSR count). The second-order valence-corrected chi connectivity index (χ2v) is 7.94. The van der Waals surface area contributed by atoms with Gasteiger partial charge in [-0.2, -0.15) is 0 Å². The zero-order valence-corrected chi connectivity index (χ0v) is 17.4. The number of nitrogens with one attached hydrogen (secondary N) is 1. The quantitative estimate of drug-likeness (QED) is 0.522. The number of carbonyl (C=O) groups excluding carboxylic acids is 1. The molecule has 0 amide bonds. The average Bonchev–Trinajstić information content (AvgIpc) is 2.89. The zero-order valence-electron chi connectivity index (χ0n) is 17.4. The van der Waals surface area contributed by atoms with E-state index in [4.69, 9.17) is 4.74 Å². The minimum Gasteiger partial charge on any atom is -0.483 e. The Kier molecular flexibility index (Phi) is 4.75. The first-order valence-electron chi connectivity index (χ1n) is 10.5. The van der Waals surface area contributed by atoms with Gasteiger partial charge in [-0.1, -0.05) is 30.3 Å². The fourth-order valence-corrected chi connectivity index (χ4v) is 4.66. The number of hydrogen-bond acceptors (Lipinski definition) is 4. The van der Waals surface area contributed by atoms with E-state index in [2.05, 4.69) is 33.9 Å². The molecule has 2 aromatic heterocycles. The summed E-state index contributed by atoms with van der Waals surface area (Å²) in [5, 5.41) is 5.51. The van der Waals surface area contributed by atoms with Crippen molar-refractivity contribution >= 4 is 27.6 Å². The normalized spacial score (nSPS) is 13.9. The number of nitrogens with zero attached hydrogens (tertiary/aromatic N) is 2. The number of fused-ring (bicyclic) bond motifs is 4. The first kappa shape index (κ1) is 18.8. The number of rotatable bonds is 4. The fourth-order valence-electron chi connectivity index (χ4n) is 4.66. The molecule has 3 heterocycles. The van der Waals surface area contributed by atoms with E-state index in [1.165, 1.54) is 0 Å². The molecule has 0 unspecified atom stereocenters. The monoisotopic (exact) mass is 399 g/mol. The number of hydrogen-bond donors (Lipinski definition) is 1. The maximum Gasteiger partial charge on any atom is 0.202 e. The van der Waals surface area contributed by atoms with Gasteiger partial charge in [0.2, 0.25) is 5.78 Å². The van der Waals surface area contributed by atoms with Gasteiger partial charge in [0.15, 0.2) is 6.61 Å². The number of aryl methyl sites for hydroxylation is 2. The van der Waals surface area contributed by atoms with E-state index in [0.717, 1.165) is 70.2 Å². The molecule has 5 heteroatoms. The Morgan fingerprint density at radius 3 is 2.83 bits per heavy atom. The van der Waals surface area contributed by atoms with Gasteiger partial charge in [0, 0.05) is 54.2 Å². The molecule has 152 valence electrons. The van der Waals surface area contributed by atoms with Gasteiger partial charge < -0.3 is 14.6 Å². The summed E-state index contributed by atoms with van der Waals surface area (Å²) in [4.78, 5) is 17.9. The van der Waals surface area contributed by atoms with Crippen LogP contribution in [0.2, 0.25) is 0 Å². The fraction of sp³-hybridized carbons (Fsp3) is 0.280. The van der Waals surface area contributed by atoms with E-state index in [-0.39, 0.29) is 12.4 Å². The predicted molar refractivity (Wildman–Crippen MR) is 120 cm³/mol. The summed E-state index contributed by atoms with van der Waals surface area (Å²) in [6.45, 7) is 6.74. The molecule has 0 atom stereocenters. The molecular weight excluding hydrogens is 374 g/mol. The number of ether oxygens (including phenoxy) is 1. The molecule has 30 heavy (non-hydrogen) atoms. The third-order valence-electron chi connectivity index (χ3n) is 5.99. The summed E-state index contributed by atoms with van der Waals surface area (Å²) in [6, 6.07) is 14.2. The molecule has 0 saturated carbocycles. The number of para-hydroxylation sites is 1. The minimum absolute atomic E-state index is 0.00398. The van der Waals surface area contributed by atoms with Gasteiger partial charge in [-0.25, -0.2) is 0 Å². The summed E-state index contributed by atoms with van der Waals surface area (Å²) in [5.41, 5.74) is 6.00. The second kappa shape index (κ2) is 7.58. The van der Waals surface area contributed by atoms with E-state index < -0.39 is 0 Å². The number of benzene rings is 2. The van der Waals surface area contributed by atoms with E-state index in [9.17, 15) is 4.79 Å². The molecule has 0 fully saturated rings. The number of carbonyl (C=O) groups is 1. The van der Waals surface area contributed by atoms with Crippen molar-refractivity contribution < 1.29 is 9.53 Å². The molecule has 1 aliphatic heterocycles. The molecule has 2 aromatic carbocycles. The van der Waals surface area contributed by atoms with Crippen molar-refractivity contribution in [2.45, 2.75) is 26.8 Å². The summed E-state index contributed by atoms with van der Waals surface area (Å²) in [6.07, 6.45) is 2.61. The molecule has 5 nitrogen and oxygen atoms in total. The van der Waals surface area contributed by atoms with Crippen molar-refractivity contribution in [3.63, 3.8) is 0 Å². The summed E-state index contributed by atoms with van der Waals surface area (Å²) < 4.78 is 8.41. The Morgan fingerprint density at radius 2 is 1.93 bits per heavy atom. The number of ketones is 1. The Morgan fingerprint density at radius 1 is 1.10 bits per heavy atom. The van der Waals surface area contributed by atoms with Crippen molar-refractivity contribution in [2.24, 2.45) is 0 Å². The maximum absolute atomic E-state index is 13.4. The van der Waals surface area contributed by atoms with Crippen molar-refractivity contribution in [1.29, 1.82) is 0 Å². The van der Waals surface area contributed by atoms with Gasteiger partial charge in [0.1, 0.15) is 11.3 Å². The van der Waals surface area contributed by atoms with Crippen molar-refractivity contribution in [1.82, 2.24) is 14.9 Å². The van der Waals surface area contributed by atoms with Crippen LogP contribution in [-0.4, -0.2) is 35.0 Å². The first-order chi connectivity index (χ1) is 14.6. The van der Waals surface area contributed by atoms with Crippen LogP contribution < -0.4 is 10.1 Å². The Hall–Kier alpha value is -3.18. The van der Waals surface area contributed by atoms with Gasteiger partial charge >= 0.3 is 0 Å². The molecule has 0 bridgehead atoms. The molecule has 0 aliphatic carbocycles. The van der Waals surface area contributed by atoms with Gasteiger partial charge in [-0.15, -0.1) is 0 Å². The van der Waals surface area contributed by atoms with Gasteiger partial charge in [-0.05, 0) is 37.1 Å². The minimum atomic E-state index is 0.00398. The van der Waals surface area contributed by atoms with Crippen LogP contribution in [0.5, 0.6) is 5.75 Å². The molecule has 1 aliphatic rings. The predicted octanol–water partition coefficient (Wildman–Crippen LogP) is 4.21. The summed E-state index contributed by atoms with van der Waals surface area (Å²) >= 11 is 0. The summed E-state index contributed by atoms with van der Waals surface area (Å²) in [5.74, 6) is 0.715. The van der Waals surface area contributed by atoms with E-state index >= 15 is 0 Å². The third kappa shape index (κ3) is 3.06. The number of pyridine rings is 1. The number of Topliss-reactive ketones (excluding diaryl/α,β-unsaturated/α-hetero) is 1. The van der Waals surface area contributed by atoms with Crippen molar-refractivity contribution in [2.75, 3.05) is 19.7 Å². The topological polar surface area (TPSA) is 56.1 Å². The lowest BCUT2D eigenvalue weighted by Gasteiger charge is -2.13. The van der Waals surface area contributed by atoms with Crippen molar-refractivity contribution in [3.8, 4) is 5.75 Å². The Bertz CT molecular complexity index is 1270. The van der Waals surface area contributed by atoms with Gasteiger partial charge in [0.25, 0.3) is 0 Å². The summed E-state index contributed by atoms with van der Waals surface area (Å²) in [7, 11) is 0. The highest BCUT2D eigenvalue weighted by atomic mass is 16.5. The van der Waals surface area contributed by atoms with Crippen LogP contribution in [0, 0.1) is 13.8 Å². The van der Waals surface area contributed by atoms with Crippen LogP contribution in [-0.2, 0) is 13.0 Å². The third-order valence-corrected chi connectivity index (χ3v) is 5.99. The SMILES string of the molecule is Cc1cc(C)c2cccnc2c1OCC(=O)c1c2n(c3ccccc13)CCNCC2. The lowest BCUT2D eigenvalue weighted by Crippen LogP contribution is -2.18. The second-order valence-electron chi connectivity index (χ2n) is 7.94.